The topological polar surface area (TPSA) is 84.9 Å². The molecule has 1 heterocycles. The number of carbonyl (C=O) groups excluding carboxylic acids is 1. The molecule has 3 aromatic rings. The number of carbonyl (C=O) groups is 1. The van der Waals surface area contributed by atoms with E-state index in [4.69, 9.17) is 16.3 Å². The van der Waals surface area contributed by atoms with E-state index in [0.717, 1.165) is 12.1 Å². The maximum atomic E-state index is 12.7. The zero-order chi connectivity index (χ0) is 21.2. The third kappa shape index (κ3) is 5.00. The van der Waals surface area contributed by atoms with Gasteiger partial charge in [0.1, 0.15) is 12.4 Å². The summed E-state index contributed by atoms with van der Waals surface area (Å²) in [5.74, 6) is -0.435. The molecule has 10 heteroatoms. The van der Waals surface area contributed by atoms with Crippen molar-refractivity contribution in [1.29, 1.82) is 0 Å². The van der Waals surface area contributed by atoms with Gasteiger partial charge in [-0.3, -0.25) is 9.78 Å². The van der Waals surface area contributed by atoms with E-state index in [1.54, 1.807) is 18.2 Å². The molecule has 0 saturated heterocycles. The lowest BCUT2D eigenvalue weighted by Gasteiger charge is -2.09. The fourth-order valence-electron chi connectivity index (χ4n) is 2.48. The van der Waals surface area contributed by atoms with Gasteiger partial charge in [0.2, 0.25) is 0 Å². The predicted molar refractivity (Wildman–Crippen MR) is 99.0 cm³/mol. The third-order valence-electron chi connectivity index (χ3n) is 3.85. The van der Waals surface area contributed by atoms with E-state index in [0.29, 0.717) is 11.1 Å². The average Bonchev–Trinajstić information content (AvgIpc) is 2.66. The van der Waals surface area contributed by atoms with Crippen molar-refractivity contribution in [3.05, 3.63) is 69.1 Å². The number of hydrogen-bond donors (Lipinski definition) is 1. The number of esters is 1. The van der Waals surface area contributed by atoms with E-state index in [9.17, 15) is 22.8 Å². The van der Waals surface area contributed by atoms with E-state index in [1.165, 1.54) is 19.1 Å². The largest absolute Gasteiger partial charge is 0.461 e. The smallest absolute Gasteiger partial charge is 0.416 e. The SMILES string of the molecule is CC(=O)OCc1ccc(Cl)c(-c2nc(-c3ccc(C(F)(F)F)cc3)nc(=O)[nH]2)c1. The molecule has 0 fully saturated rings. The number of halogens is 4. The summed E-state index contributed by atoms with van der Waals surface area (Å²) in [7, 11) is 0. The van der Waals surface area contributed by atoms with Gasteiger partial charge in [0.05, 0.1) is 10.6 Å². The number of rotatable bonds is 4. The molecule has 0 saturated carbocycles. The fraction of sp³-hybridized carbons (Fsp3) is 0.158. The third-order valence-corrected chi connectivity index (χ3v) is 4.18. The van der Waals surface area contributed by atoms with Gasteiger partial charge in [-0.15, -0.1) is 0 Å². The Morgan fingerprint density at radius 3 is 2.45 bits per heavy atom. The van der Waals surface area contributed by atoms with Crippen molar-refractivity contribution < 1.29 is 22.7 Å². The Morgan fingerprint density at radius 2 is 1.83 bits per heavy atom. The Balaban J connectivity index is 2.01. The normalized spacial score (nSPS) is 11.3. The number of aromatic nitrogens is 3. The van der Waals surface area contributed by atoms with Gasteiger partial charge in [-0.1, -0.05) is 29.8 Å². The Hall–Kier alpha value is -3.20. The van der Waals surface area contributed by atoms with Crippen molar-refractivity contribution >= 4 is 17.6 Å². The number of aromatic amines is 1. The number of alkyl halides is 3. The van der Waals surface area contributed by atoms with Crippen LogP contribution in [0.25, 0.3) is 22.8 Å². The quantitative estimate of drug-likeness (QED) is 0.635. The van der Waals surface area contributed by atoms with Crippen LogP contribution in [0.5, 0.6) is 0 Å². The molecule has 0 atom stereocenters. The number of H-pyrrole nitrogens is 1. The highest BCUT2D eigenvalue weighted by molar-refractivity contribution is 6.33. The molecule has 150 valence electrons. The molecule has 0 aliphatic rings. The molecule has 0 aliphatic carbocycles. The molecule has 0 unspecified atom stereocenters. The first-order chi connectivity index (χ1) is 13.6. The van der Waals surface area contributed by atoms with E-state index in [1.807, 2.05) is 0 Å². The van der Waals surface area contributed by atoms with Gasteiger partial charge in [-0.2, -0.15) is 18.2 Å². The number of hydrogen-bond acceptors (Lipinski definition) is 5. The fourth-order valence-corrected chi connectivity index (χ4v) is 2.68. The van der Waals surface area contributed by atoms with Crippen molar-refractivity contribution in [3.8, 4) is 22.8 Å². The highest BCUT2D eigenvalue weighted by Crippen LogP contribution is 2.31. The Bertz CT molecular complexity index is 1110. The molecule has 0 amide bonds. The second-order valence-corrected chi connectivity index (χ2v) is 6.40. The number of ether oxygens (including phenoxy) is 1. The van der Waals surface area contributed by atoms with Gasteiger partial charge < -0.3 is 4.74 Å². The molecule has 2 aromatic carbocycles. The Labute approximate surface area is 167 Å². The minimum Gasteiger partial charge on any atom is -0.461 e. The van der Waals surface area contributed by atoms with Gasteiger partial charge in [-0.25, -0.2) is 9.78 Å². The van der Waals surface area contributed by atoms with Gasteiger partial charge in [0.25, 0.3) is 0 Å². The number of nitrogens with zero attached hydrogens (tertiary/aromatic N) is 2. The average molecular weight is 424 g/mol. The predicted octanol–water partition coefficient (Wildman–Crippen LogP) is 4.23. The van der Waals surface area contributed by atoms with Gasteiger partial charge in [0, 0.05) is 18.1 Å². The molecule has 29 heavy (non-hydrogen) atoms. The maximum absolute atomic E-state index is 12.7. The van der Waals surface area contributed by atoms with Gasteiger partial charge >= 0.3 is 17.8 Å². The monoisotopic (exact) mass is 423 g/mol. The Morgan fingerprint density at radius 1 is 1.14 bits per heavy atom. The van der Waals surface area contributed by atoms with Gasteiger partial charge in [-0.05, 0) is 29.8 Å². The van der Waals surface area contributed by atoms with E-state index in [2.05, 4.69) is 15.0 Å². The summed E-state index contributed by atoms with van der Waals surface area (Å²) in [5, 5.41) is 0.268. The van der Waals surface area contributed by atoms with Crippen molar-refractivity contribution in [2.75, 3.05) is 0 Å². The molecule has 0 spiro atoms. The standard InChI is InChI=1S/C19H13ClF3N3O3/c1-10(27)29-9-11-2-7-15(20)14(8-11)17-24-16(25-18(28)26-17)12-3-5-13(6-4-12)19(21,22)23/h2-8H,9H2,1H3,(H,24,25,26,28). The Kier molecular flexibility index (Phi) is 5.69. The number of nitrogens with one attached hydrogen (secondary N) is 1. The second-order valence-electron chi connectivity index (χ2n) is 6.00. The van der Waals surface area contributed by atoms with Crippen molar-refractivity contribution in [2.24, 2.45) is 0 Å². The minimum atomic E-state index is -4.48. The molecule has 3 rings (SSSR count). The first-order valence-electron chi connectivity index (χ1n) is 8.21. The van der Waals surface area contributed by atoms with Crippen LogP contribution in [-0.4, -0.2) is 20.9 Å². The first kappa shape index (κ1) is 20.5. The van der Waals surface area contributed by atoms with E-state index < -0.39 is 23.4 Å². The number of benzene rings is 2. The molecule has 6 nitrogen and oxygen atoms in total. The molecular formula is C19H13ClF3N3O3. The highest BCUT2D eigenvalue weighted by Gasteiger charge is 2.30. The molecule has 0 bridgehead atoms. The van der Waals surface area contributed by atoms with Gasteiger partial charge in [0.15, 0.2) is 5.82 Å². The summed E-state index contributed by atoms with van der Waals surface area (Å²) in [5.41, 5.74) is -0.379. The van der Waals surface area contributed by atoms with E-state index in [-0.39, 0.29) is 28.8 Å². The molecular weight excluding hydrogens is 411 g/mol. The minimum absolute atomic E-state index is 0.000575. The zero-order valence-electron chi connectivity index (χ0n) is 14.9. The second kappa shape index (κ2) is 8.04. The lowest BCUT2D eigenvalue weighted by Crippen LogP contribution is -2.14. The van der Waals surface area contributed by atoms with Crippen LogP contribution in [0.15, 0.2) is 47.3 Å². The van der Waals surface area contributed by atoms with Crippen LogP contribution in [-0.2, 0) is 22.3 Å². The molecule has 0 aliphatic heterocycles. The van der Waals surface area contributed by atoms with Crippen molar-refractivity contribution in [3.63, 3.8) is 0 Å². The van der Waals surface area contributed by atoms with Crippen molar-refractivity contribution in [1.82, 2.24) is 15.0 Å². The maximum Gasteiger partial charge on any atom is 0.416 e. The van der Waals surface area contributed by atoms with Crippen molar-refractivity contribution in [2.45, 2.75) is 19.7 Å². The van der Waals surface area contributed by atoms with Crippen LogP contribution >= 0.6 is 11.6 Å². The van der Waals surface area contributed by atoms with E-state index >= 15 is 0 Å². The van der Waals surface area contributed by atoms with Crippen LogP contribution in [0, 0.1) is 0 Å². The van der Waals surface area contributed by atoms with Crippen LogP contribution in [0.1, 0.15) is 18.1 Å². The lowest BCUT2D eigenvalue weighted by molar-refractivity contribution is -0.142. The van der Waals surface area contributed by atoms with Crippen LogP contribution in [0.2, 0.25) is 5.02 Å². The highest BCUT2D eigenvalue weighted by atomic mass is 35.5. The summed E-state index contributed by atoms with van der Waals surface area (Å²) in [6.07, 6.45) is -4.48. The summed E-state index contributed by atoms with van der Waals surface area (Å²) in [4.78, 5) is 33.4. The summed E-state index contributed by atoms with van der Waals surface area (Å²) in [6.45, 7) is 1.27. The molecule has 1 N–H and O–H groups in total. The summed E-state index contributed by atoms with van der Waals surface area (Å²) < 4.78 is 43.1. The molecule has 0 radical (unpaired) electrons. The zero-order valence-corrected chi connectivity index (χ0v) is 15.6. The first-order valence-corrected chi connectivity index (χ1v) is 8.59. The summed E-state index contributed by atoms with van der Waals surface area (Å²) >= 11 is 6.20. The molecule has 1 aromatic heterocycles. The van der Waals surface area contributed by atoms with Crippen LogP contribution in [0.4, 0.5) is 13.2 Å². The van der Waals surface area contributed by atoms with Crippen LogP contribution in [0.3, 0.4) is 0 Å². The lowest BCUT2D eigenvalue weighted by atomic mass is 10.1. The van der Waals surface area contributed by atoms with Crippen LogP contribution < -0.4 is 5.69 Å². The summed E-state index contributed by atoms with van der Waals surface area (Å²) in [6, 6.07) is 8.90.